The van der Waals surface area contributed by atoms with Gasteiger partial charge >= 0.3 is 0 Å². The van der Waals surface area contributed by atoms with Crippen molar-refractivity contribution in [3.05, 3.63) is 24.3 Å². The molecule has 0 heterocycles. The summed E-state index contributed by atoms with van der Waals surface area (Å²) in [6.07, 6.45) is 1.76. The molecule has 10 heavy (non-hydrogen) atoms. The van der Waals surface area contributed by atoms with Crippen molar-refractivity contribution < 1.29 is 9.90 Å². The van der Waals surface area contributed by atoms with E-state index in [2.05, 4.69) is 6.58 Å². The van der Waals surface area contributed by atoms with E-state index in [-0.39, 0.29) is 0 Å². The smallest absolute Gasteiger partial charge is 0.250 e. The summed E-state index contributed by atoms with van der Waals surface area (Å²) in [7, 11) is 0. The molecule has 0 aliphatic rings. The second-order valence-electron chi connectivity index (χ2n) is 1.80. The standard InChI is InChI=1S/C7H11NO2/c1-3-5(4-2)6(9)7(8)10/h3-4,6,9H,1H2,2H3,(H2,8,10)/b5-4+. The van der Waals surface area contributed by atoms with Gasteiger partial charge in [0.2, 0.25) is 0 Å². The number of aliphatic hydroxyl groups is 1. The number of amides is 1. The van der Waals surface area contributed by atoms with Crippen molar-refractivity contribution >= 4 is 5.91 Å². The van der Waals surface area contributed by atoms with Gasteiger partial charge in [0.1, 0.15) is 0 Å². The molecule has 0 radical (unpaired) electrons. The minimum Gasteiger partial charge on any atom is -0.379 e. The van der Waals surface area contributed by atoms with E-state index in [4.69, 9.17) is 10.8 Å². The van der Waals surface area contributed by atoms with Crippen LogP contribution in [0.3, 0.4) is 0 Å². The number of hydrogen-bond acceptors (Lipinski definition) is 2. The summed E-state index contributed by atoms with van der Waals surface area (Å²) in [4.78, 5) is 10.3. The maximum absolute atomic E-state index is 10.3. The SMILES string of the molecule is C=C/C(=C\C)C(O)C(N)=O. The van der Waals surface area contributed by atoms with Crippen molar-refractivity contribution in [1.29, 1.82) is 0 Å². The van der Waals surface area contributed by atoms with Crippen LogP contribution in [-0.2, 0) is 4.79 Å². The van der Waals surface area contributed by atoms with Crippen molar-refractivity contribution in [3.63, 3.8) is 0 Å². The van der Waals surface area contributed by atoms with Crippen molar-refractivity contribution in [1.82, 2.24) is 0 Å². The third-order valence-corrected chi connectivity index (χ3v) is 1.15. The molecule has 3 nitrogen and oxygen atoms in total. The van der Waals surface area contributed by atoms with Gasteiger partial charge in [0.25, 0.3) is 5.91 Å². The van der Waals surface area contributed by atoms with Gasteiger partial charge in [-0.25, -0.2) is 0 Å². The lowest BCUT2D eigenvalue weighted by atomic mass is 10.1. The van der Waals surface area contributed by atoms with Crippen molar-refractivity contribution in [3.8, 4) is 0 Å². The highest BCUT2D eigenvalue weighted by Crippen LogP contribution is 2.01. The topological polar surface area (TPSA) is 63.3 Å². The van der Waals surface area contributed by atoms with Crippen LogP contribution in [0, 0.1) is 0 Å². The summed E-state index contributed by atoms with van der Waals surface area (Å²) in [6, 6.07) is 0. The fourth-order valence-electron chi connectivity index (χ4n) is 0.552. The van der Waals surface area contributed by atoms with Gasteiger partial charge in [-0.15, -0.1) is 0 Å². The lowest BCUT2D eigenvalue weighted by Gasteiger charge is -2.05. The Labute approximate surface area is 59.8 Å². The molecule has 0 aromatic carbocycles. The lowest BCUT2D eigenvalue weighted by molar-refractivity contribution is -0.124. The number of carbonyl (C=O) groups excluding carboxylic acids is 1. The van der Waals surface area contributed by atoms with Crippen LogP contribution < -0.4 is 5.73 Å². The Hall–Kier alpha value is -1.09. The maximum atomic E-state index is 10.3. The van der Waals surface area contributed by atoms with Crippen LogP contribution in [0.4, 0.5) is 0 Å². The number of aliphatic hydroxyl groups excluding tert-OH is 1. The van der Waals surface area contributed by atoms with E-state index in [9.17, 15) is 4.79 Å². The van der Waals surface area contributed by atoms with Gasteiger partial charge in [-0.2, -0.15) is 0 Å². The highest BCUT2D eigenvalue weighted by atomic mass is 16.3. The summed E-state index contributed by atoms with van der Waals surface area (Å²) >= 11 is 0. The molecule has 0 aromatic heterocycles. The first-order valence-electron chi connectivity index (χ1n) is 2.89. The third kappa shape index (κ3) is 2.03. The van der Waals surface area contributed by atoms with E-state index in [0.29, 0.717) is 5.57 Å². The number of nitrogens with two attached hydrogens (primary N) is 1. The summed E-state index contributed by atoms with van der Waals surface area (Å²) in [5.74, 6) is -0.756. The van der Waals surface area contributed by atoms with Gasteiger partial charge in [0.15, 0.2) is 6.10 Å². The zero-order valence-electron chi connectivity index (χ0n) is 5.87. The van der Waals surface area contributed by atoms with Crippen LogP contribution in [-0.4, -0.2) is 17.1 Å². The first-order chi connectivity index (χ1) is 4.63. The molecule has 0 aliphatic heterocycles. The summed E-state index contributed by atoms with van der Waals surface area (Å²) in [5, 5.41) is 8.97. The Bertz CT molecular complexity index is 172. The van der Waals surface area contributed by atoms with Gasteiger partial charge in [-0.05, 0) is 12.5 Å². The monoisotopic (exact) mass is 141 g/mol. The highest BCUT2D eigenvalue weighted by molar-refractivity contribution is 5.82. The number of rotatable bonds is 3. The molecule has 1 atom stereocenters. The van der Waals surface area contributed by atoms with Crippen LogP contribution in [0.2, 0.25) is 0 Å². The molecule has 0 bridgehead atoms. The fourth-order valence-corrected chi connectivity index (χ4v) is 0.552. The van der Waals surface area contributed by atoms with Gasteiger partial charge in [0, 0.05) is 0 Å². The molecular weight excluding hydrogens is 130 g/mol. The predicted octanol–water partition coefficient (Wildman–Crippen LogP) is -0.0351. The van der Waals surface area contributed by atoms with Crippen LogP contribution >= 0.6 is 0 Å². The van der Waals surface area contributed by atoms with Crippen LogP contribution in [0.1, 0.15) is 6.92 Å². The summed E-state index contributed by atoms with van der Waals surface area (Å²) < 4.78 is 0. The largest absolute Gasteiger partial charge is 0.379 e. The zero-order chi connectivity index (χ0) is 8.15. The Morgan fingerprint density at radius 1 is 1.80 bits per heavy atom. The molecule has 0 fully saturated rings. The quantitative estimate of drug-likeness (QED) is 0.542. The molecule has 56 valence electrons. The zero-order valence-corrected chi connectivity index (χ0v) is 5.87. The van der Waals surface area contributed by atoms with Crippen LogP contribution in [0.15, 0.2) is 24.3 Å². The molecule has 0 aliphatic carbocycles. The Kier molecular flexibility index (Phi) is 3.43. The van der Waals surface area contributed by atoms with Gasteiger partial charge in [-0.1, -0.05) is 18.7 Å². The van der Waals surface area contributed by atoms with E-state index in [0.717, 1.165) is 0 Å². The fraction of sp³-hybridized carbons (Fsp3) is 0.286. The second-order valence-corrected chi connectivity index (χ2v) is 1.80. The number of allylic oxidation sites excluding steroid dienone is 1. The molecule has 3 heteroatoms. The van der Waals surface area contributed by atoms with E-state index in [1.807, 2.05) is 0 Å². The molecule has 0 spiro atoms. The minimum atomic E-state index is -1.22. The van der Waals surface area contributed by atoms with Crippen LogP contribution in [0.5, 0.6) is 0 Å². The second kappa shape index (κ2) is 3.85. The van der Waals surface area contributed by atoms with E-state index >= 15 is 0 Å². The van der Waals surface area contributed by atoms with Crippen molar-refractivity contribution in [2.24, 2.45) is 5.73 Å². The molecule has 0 aromatic rings. The number of carbonyl (C=O) groups is 1. The van der Waals surface area contributed by atoms with E-state index < -0.39 is 12.0 Å². The molecule has 0 saturated carbocycles. The van der Waals surface area contributed by atoms with Gasteiger partial charge < -0.3 is 10.8 Å². The normalized spacial score (nSPS) is 14.4. The number of primary amides is 1. The molecule has 0 saturated heterocycles. The first kappa shape index (κ1) is 8.91. The first-order valence-corrected chi connectivity index (χ1v) is 2.89. The molecule has 1 amide bonds. The lowest BCUT2D eigenvalue weighted by Crippen LogP contribution is -2.29. The molecule has 1 unspecified atom stereocenters. The Balaban J connectivity index is 4.31. The number of hydrogen-bond donors (Lipinski definition) is 2. The average Bonchev–Trinajstić information content (AvgIpc) is 1.90. The van der Waals surface area contributed by atoms with E-state index in [1.165, 1.54) is 6.08 Å². The summed E-state index contributed by atoms with van der Waals surface area (Å²) in [6.45, 7) is 5.10. The van der Waals surface area contributed by atoms with Crippen molar-refractivity contribution in [2.75, 3.05) is 0 Å². The molecular formula is C7H11NO2. The van der Waals surface area contributed by atoms with E-state index in [1.54, 1.807) is 13.0 Å². The van der Waals surface area contributed by atoms with Gasteiger partial charge in [-0.3, -0.25) is 4.79 Å². The third-order valence-electron chi connectivity index (χ3n) is 1.15. The predicted molar refractivity (Wildman–Crippen MR) is 39.2 cm³/mol. The molecule has 3 N–H and O–H groups in total. The van der Waals surface area contributed by atoms with Gasteiger partial charge in [0.05, 0.1) is 0 Å². The Morgan fingerprint density at radius 3 is 2.40 bits per heavy atom. The maximum Gasteiger partial charge on any atom is 0.250 e. The van der Waals surface area contributed by atoms with Crippen LogP contribution in [0.25, 0.3) is 0 Å². The van der Waals surface area contributed by atoms with Crippen molar-refractivity contribution in [2.45, 2.75) is 13.0 Å². The Morgan fingerprint density at radius 2 is 2.30 bits per heavy atom. The average molecular weight is 141 g/mol. The molecule has 0 rings (SSSR count). The highest BCUT2D eigenvalue weighted by Gasteiger charge is 2.12. The summed E-state index contributed by atoms with van der Waals surface area (Å²) in [5.41, 5.74) is 5.25. The minimum absolute atomic E-state index is 0.438.